The molecule has 1 fully saturated rings. The van der Waals surface area contributed by atoms with Gasteiger partial charge in [-0.15, -0.1) is 0 Å². The SMILES string of the molecule is COC(=O)C1COCCN1C(=O)N(C)CC(=O)O. The molecular weight excluding hydrogens is 244 g/mol. The van der Waals surface area contributed by atoms with Gasteiger partial charge in [0.25, 0.3) is 0 Å². The van der Waals surface area contributed by atoms with E-state index in [1.807, 2.05) is 0 Å². The number of amides is 2. The minimum atomic E-state index is -1.12. The second-order valence-electron chi connectivity index (χ2n) is 3.84. The van der Waals surface area contributed by atoms with Crippen molar-refractivity contribution in [2.24, 2.45) is 0 Å². The number of likely N-dealkylation sites (N-methyl/N-ethyl adjacent to an activating group) is 1. The Bertz CT molecular complexity index is 345. The first-order valence-corrected chi connectivity index (χ1v) is 5.36. The molecule has 0 bridgehead atoms. The van der Waals surface area contributed by atoms with Crippen molar-refractivity contribution in [2.45, 2.75) is 6.04 Å². The number of hydrogen-bond donors (Lipinski definition) is 1. The van der Waals surface area contributed by atoms with Crippen molar-refractivity contribution >= 4 is 18.0 Å². The number of urea groups is 1. The van der Waals surface area contributed by atoms with Gasteiger partial charge in [-0.2, -0.15) is 0 Å². The molecule has 8 nitrogen and oxygen atoms in total. The monoisotopic (exact) mass is 260 g/mol. The summed E-state index contributed by atoms with van der Waals surface area (Å²) < 4.78 is 9.70. The molecule has 8 heteroatoms. The fourth-order valence-corrected chi connectivity index (χ4v) is 1.65. The van der Waals surface area contributed by atoms with Crippen molar-refractivity contribution in [3.63, 3.8) is 0 Å². The van der Waals surface area contributed by atoms with Gasteiger partial charge in [0.15, 0.2) is 6.04 Å². The Kier molecular flexibility index (Phi) is 4.90. The van der Waals surface area contributed by atoms with Crippen LogP contribution < -0.4 is 0 Å². The average molecular weight is 260 g/mol. The van der Waals surface area contributed by atoms with Gasteiger partial charge in [-0.25, -0.2) is 9.59 Å². The predicted octanol–water partition coefficient (Wildman–Crippen LogP) is -1.00. The molecule has 0 radical (unpaired) electrons. The summed E-state index contributed by atoms with van der Waals surface area (Å²) in [5.41, 5.74) is 0. The van der Waals surface area contributed by atoms with Crippen molar-refractivity contribution in [3.8, 4) is 0 Å². The molecular formula is C10H16N2O6. The van der Waals surface area contributed by atoms with Crippen LogP contribution in [0.25, 0.3) is 0 Å². The molecule has 1 heterocycles. The van der Waals surface area contributed by atoms with Gasteiger partial charge in [-0.3, -0.25) is 4.79 Å². The molecule has 2 amide bonds. The summed E-state index contributed by atoms with van der Waals surface area (Å²) in [6.45, 7) is 0.159. The Morgan fingerprint density at radius 2 is 2.17 bits per heavy atom. The third kappa shape index (κ3) is 3.33. The number of hydrogen-bond acceptors (Lipinski definition) is 5. The van der Waals surface area contributed by atoms with E-state index in [-0.39, 0.29) is 13.2 Å². The van der Waals surface area contributed by atoms with Crippen molar-refractivity contribution in [3.05, 3.63) is 0 Å². The van der Waals surface area contributed by atoms with E-state index in [2.05, 4.69) is 4.74 Å². The van der Waals surface area contributed by atoms with Crippen LogP contribution in [0.4, 0.5) is 4.79 Å². The topological polar surface area (TPSA) is 96.4 Å². The fourth-order valence-electron chi connectivity index (χ4n) is 1.65. The smallest absolute Gasteiger partial charge is 0.331 e. The number of rotatable bonds is 3. The first-order chi connectivity index (χ1) is 8.47. The standard InChI is InChI=1S/C10H16N2O6/c1-11(5-8(13)14)10(16)12-3-4-18-6-7(12)9(15)17-2/h7H,3-6H2,1-2H3,(H,13,14). The lowest BCUT2D eigenvalue weighted by Gasteiger charge is -2.35. The maximum Gasteiger partial charge on any atom is 0.331 e. The van der Waals surface area contributed by atoms with E-state index in [0.29, 0.717) is 6.61 Å². The van der Waals surface area contributed by atoms with Gasteiger partial charge in [-0.1, -0.05) is 0 Å². The minimum absolute atomic E-state index is 0.0549. The zero-order valence-electron chi connectivity index (χ0n) is 10.3. The van der Waals surface area contributed by atoms with E-state index in [9.17, 15) is 14.4 Å². The lowest BCUT2D eigenvalue weighted by molar-refractivity contribution is -0.151. The van der Waals surface area contributed by atoms with E-state index < -0.39 is 30.6 Å². The Hall–Kier alpha value is -1.83. The van der Waals surface area contributed by atoms with Gasteiger partial charge in [0.05, 0.1) is 20.3 Å². The third-order valence-corrected chi connectivity index (χ3v) is 2.55. The molecule has 1 rings (SSSR count). The number of carbonyl (C=O) groups is 3. The first kappa shape index (κ1) is 14.2. The van der Waals surface area contributed by atoms with Crippen LogP contribution in [0, 0.1) is 0 Å². The zero-order valence-corrected chi connectivity index (χ0v) is 10.3. The van der Waals surface area contributed by atoms with Crippen molar-refractivity contribution in [1.29, 1.82) is 0 Å². The van der Waals surface area contributed by atoms with Crippen molar-refractivity contribution in [1.82, 2.24) is 9.80 Å². The van der Waals surface area contributed by atoms with Crippen LogP contribution in [0.1, 0.15) is 0 Å². The van der Waals surface area contributed by atoms with Gasteiger partial charge in [0.1, 0.15) is 6.54 Å². The molecule has 1 atom stereocenters. The number of methoxy groups -OCH3 is 1. The van der Waals surface area contributed by atoms with Gasteiger partial charge in [0.2, 0.25) is 0 Å². The van der Waals surface area contributed by atoms with E-state index in [1.54, 1.807) is 0 Å². The van der Waals surface area contributed by atoms with Crippen LogP contribution in [-0.2, 0) is 19.1 Å². The molecule has 1 aliphatic rings. The predicted molar refractivity (Wildman–Crippen MR) is 59.0 cm³/mol. The number of carboxylic acids is 1. The molecule has 1 aliphatic heterocycles. The molecule has 18 heavy (non-hydrogen) atoms. The summed E-state index contributed by atoms with van der Waals surface area (Å²) in [5.74, 6) is -1.69. The zero-order chi connectivity index (χ0) is 13.7. The number of aliphatic carboxylic acids is 1. The molecule has 0 spiro atoms. The third-order valence-electron chi connectivity index (χ3n) is 2.55. The maximum atomic E-state index is 12.0. The number of morpholine rings is 1. The van der Waals surface area contributed by atoms with Crippen LogP contribution in [0.15, 0.2) is 0 Å². The highest BCUT2D eigenvalue weighted by Crippen LogP contribution is 2.11. The van der Waals surface area contributed by atoms with Gasteiger partial charge in [0, 0.05) is 13.6 Å². The lowest BCUT2D eigenvalue weighted by atomic mass is 10.2. The molecule has 1 unspecified atom stereocenters. The summed E-state index contributed by atoms with van der Waals surface area (Å²) in [5, 5.41) is 8.62. The van der Waals surface area contributed by atoms with E-state index in [1.165, 1.54) is 19.1 Å². The maximum absolute atomic E-state index is 12.0. The van der Waals surface area contributed by atoms with Crippen molar-refractivity contribution in [2.75, 3.05) is 40.5 Å². The number of carboxylic acid groups (broad SMARTS) is 1. The van der Waals surface area contributed by atoms with E-state index in [0.717, 1.165) is 4.90 Å². The molecule has 0 saturated carbocycles. The molecule has 1 saturated heterocycles. The van der Waals surface area contributed by atoms with Crippen LogP contribution in [0.3, 0.4) is 0 Å². The minimum Gasteiger partial charge on any atom is -0.480 e. The average Bonchev–Trinajstić information content (AvgIpc) is 2.36. The molecule has 0 aromatic rings. The fraction of sp³-hybridized carbons (Fsp3) is 0.700. The molecule has 0 aliphatic carbocycles. The Balaban J connectivity index is 2.73. The van der Waals surface area contributed by atoms with Crippen LogP contribution in [-0.4, -0.2) is 79.4 Å². The summed E-state index contributed by atoms with van der Waals surface area (Å²) >= 11 is 0. The summed E-state index contributed by atoms with van der Waals surface area (Å²) in [7, 11) is 2.58. The summed E-state index contributed by atoms with van der Waals surface area (Å²) in [6.07, 6.45) is 0. The highest BCUT2D eigenvalue weighted by Gasteiger charge is 2.35. The highest BCUT2D eigenvalue weighted by molar-refractivity contribution is 5.85. The number of nitrogens with zero attached hydrogens (tertiary/aromatic N) is 2. The van der Waals surface area contributed by atoms with E-state index >= 15 is 0 Å². The molecule has 1 N–H and O–H groups in total. The van der Waals surface area contributed by atoms with Gasteiger partial charge in [-0.05, 0) is 0 Å². The quantitative estimate of drug-likeness (QED) is 0.653. The largest absolute Gasteiger partial charge is 0.480 e. The first-order valence-electron chi connectivity index (χ1n) is 5.36. The summed E-state index contributed by atoms with van der Waals surface area (Å²) in [4.78, 5) is 36.3. The van der Waals surface area contributed by atoms with Crippen LogP contribution in [0.2, 0.25) is 0 Å². The Morgan fingerprint density at radius 3 is 2.72 bits per heavy atom. The molecule has 0 aromatic carbocycles. The second kappa shape index (κ2) is 6.20. The van der Waals surface area contributed by atoms with E-state index in [4.69, 9.17) is 9.84 Å². The molecule has 102 valence electrons. The van der Waals surface area contributed by atoms with Gasteiger partial charge < -0.3 is 24.4 Å². The Labute approximate surface area is 104 Å². The normalized spacial score (nSPS) is 19.2. The highest BCUT2D eigenvalue weighted by atomic mass is 16.5. The Morgan fingerprint density at radius 1 is 1.50 bits per heavy atom. The summed E-state index contributed by atoms with van der Waals surface area (Å²) in [6, 6.07) is -1.36. The van der Waals surface area contributed by atoms with Crippen LogP contribution >= 0.6 is 0 Å². The van der Waals surface area contributed by atoms with Gasteiger partial charge >= 0.3 is 18.0 Å². The molecule has 0 aromatic heterocycles. The number of carbonyl (C=O) groups excluding carboxylic acids is 2. The van der Waals surface area contributed by atoms with Crippen molar-refractivity contribution < 1.29 is 29.0 Å². The lowest BCUT2D eigenvalue weighted by Crippen LogP contribution is -2.56. The number of esters is 1. The second-order valence-corrected chi connectivity index (χ2v) is 3.84. The van der Waals surface area contributed by atoms with Crippen LogP contribution in [0.5, 0.6) is 0 Å². The number of ether oxygens (including phenoxy) is 2.